The molecule has 0 bridgehead atoms. The molecular weight excluding hydrogens is 392 g/mol. The van der Waals surface area contributed by atoms with Crippen molar-refractivity contribution in [3.05, 3.63) is 47.5 Å². The van der Waals surface area contributed by atoms with Crippen LogP contribution in [0.1, 0.15) is 26.5 Å². The van der Waals surface area contributed by atoms with Gasteiger partial charge in [0.2, 0.25) is 0 Å². The number of carbonyl (C=O) groups is 1. The molecule has 4 heterocycles. The van der Waals surface area contributed by atoms with Crippen LogP contribution in [0.15, 0.2) is 36.8 Å². The Morgan fingerprint density at radius 3 is 2.93 bits per heavy atom. The smallest absolute Gasteiger partial charge is 0.407 e. The molecule has 4 aromatic rings. The van der Waals surface area contributed by atoms with Crippen LogP contribution in [0.3, 0.4) is 0 Å². The van der Waals surface area contributed by atoms with E-state index in [4.69, 9.17) is 16.3 Å². The number of pyridine rings is 1. The summed E-state index contributed by atoms with van der Waals surface area (Å²) in [6.07, 6.45) is 5.22. The van der Waals surface area contributed by atoms with Gasteiger partial charge in [-0.2, -0.15) is 14.8 Å². The average Bonchev–Trinajstić information content (AvgIpc) is 3.24. The largest absolute Gasteiger partial charge is 0.444 e. The zero-order valence-corrected chi connectivity index (χ0v) is 17.1. The van der Waals surface area contributed by atoms with Crippen molar-refractivity contribution in [2.75, 3.05) is 6.54 Å². The summed E-state index contributed by atoms with van der Waals surface area (Å²) in [4.78, 5) is 19.5. The third kappa shape index (κ3) is 4.02. The molecular formula is C20H21ClN6O2. The van der Waals surface area contributed by atoms with Crippen LogP contribution < -0.4 is 5.32 Å². The van der Waals surface area contributed by atoms with Gasteiger partial charge in [-0.3, -0.25) is 0 Å². The lowest BCUT2D eigenvalue weighted by Crippen LogP contribution is -2.33. The zero-order valence-electron chi connectivity index (χ0n) is 16.4. The molecule has 8 nitrogen and oxygen atoms in total. The maximum absolute atomic E-state index is 11.8. The molecule has 0 fully saturated rings. The predicted molar refractivity (Wildman–Crippen MR) is 111 cm³/mol. The molecule has 0 atom stereocenters. The third-order valence-corrected chi connectivity index (χ3v) is 4.59. The molecule has 0 aliphatic rings. The van der Waals surface area contributed by atoms with Gasteiger partial charge in [0.25, 0.3) is 0 Å². The van der Waals surface area contributed by atoms with Crippen molar-refractivity contribution in [2.45, 2.75) is 32.8 Å². The van der Waals surface area contributed by atoms with E-state index in [-0.39, 0.29) is 0 Å². The molecule has 0 radical (unpaired) electrons. The van der Waals surface area contributed by atoms with E-state index in [1.807, 2.05) is 39.0 Å². The number of amides is 1. The number of rotatable bonds is 4. The number of ether oxygens (including phenoxy) is 1. The number of halogens is 1. The first kappa shape index (κ1) is 19.2. The maximum Gasteiger partial charge on any atom is 0.407 e. The highest BCUT2D eigenvalue weighted by Gasteiger charge is 2.18. The molecule has 0 aromatic carbocycles. The second kappa shape index (κ2) is 7.36. The van der Waals surface area contributed by atoms with E-state index in [2.05, 4.69) is 25.5 Å². The highest BCUT2D eigenvalue weighted by molar-refractivity contribution is 6.35. The maximum atomic E-state index is 11.8. The van der Waals surface area contributed by atoms with Crippen molar-refractivity contribution in [1.29, 1.82) is 0 Å². The number of H-pyrrole nitrogens is 1. The van der Waals surface area contributed by atoms with Gasteiger partial charge in [-0.15, -0.1) is 0 Å². The molecule has 0 unspecified atom stereocenters. The molecule has 4 rings (SSSR count). The fraction of sp³-hybridized carbons (Fsp3) is 0.300. The SMILES string of the molecule is CC(C)(C)OC(=O)NCCc1cc2c(-c3cnn4ncccc34)c(Cl)cnc2[nH]1. The van der Waals surface area contributed by atoms with E-state index in [0.717, 1.165) is 33.4 Å². The van der Waals surface area contributed by atoms with Gasteiger partial charge in [0, 0.05) is 47.6 Å². The number of nitrogens with one attached hydrogen (secondary N) is 2. The highest BCUT2D eigenvalue weighted by Crippen LogP contribution is 2.36. The van der Waals surface area contributed by atoms with Gasteiger partial charge >= 0.3 is 6.09 Å². The summed E-state index contributed by atoms with van der Waals surface area (Å²) in [5, 5.41) is 12.7. The van der Waals surface area contributed by atoms with E-state index in [9.17, 15) is 4.79 Å². The standard InChI is InChI=1S/C20H21ClN6O2/c1-20(2,3)29-19(28)22-8-6-12-9-13-17(15(21)11-23-18(13)26-12)14-10-25-27-16(14)5-4-7-24-27/h4-5,7,9-11H,6,8H2,1-3H3,(H,22,28)(H,23,26). The van der Waals surface area contributed by atoms with Gasteiger partial charge in [0.1, 0.15) is 11.2 Å². The summed E-state index contributed by atoms with van der Waals surface area (Å²) in [6, 6.07) is 5.80. The lowest BCUT2D eigenvalue weighted by Gasteiger charge is -2.19. The Kier molecular flexibility index (Phi) is 4.87. The van der Waals surface area contributed by atoms with Gasteiger partial charge < -0.3 is 15.0 Å². The molecule has 0 saturated carbocycles. The topological polar surface area (TPSA) is 97.2 Å². The predicted octanol–water partition coefficient (Wildman–Crippen LogP) is 3.99. The first-order chi connectivity index (χ1) is 13.8. The number of alkyl carbamates (subject to hydrolysis) is 1. The van der Waals surface area contributed by atoms with Crippen LogP contribution in [-0.2, 0) is 11.2 Å². The lowest BCUT2D eigenvalue weighted by atomic mass is 10.1. The van der Waals surface area contributed by atoms with E-state index in [1.54, 1.807) is 23.2 Å². The number of carbonyl (C=O) groups excluding carboxylic acids is 1. The van der Waals surface area contributed by atoms with E-state index < -0.39 is 11.7 Å². The zero-order chi connectivity index (χ0) is 20.6. The van der Waals surface area contributed by atoms with E-state index in [0.29, 0.717) is 18.0 Å². The van der Waals surface area contributed by atoms with Gasteiger partial charge in [0.15, 0.2) is 0 Å². The number of hydrogen-bond donors (Lipinski definition) is 2. The first-order valence-electron chi connectivity index (χ1n) is 9.24. The summed E-state index contributed by atoms with van der Waals surface area (Å²) in [7, 11) is 0. The molecule has 0 aliphatic carbocycles. The number of hydrogen-bond acceptors (Lipinski definition) is 5. The Labute approximate surface area is 172 Å². The number of fused-ring (bicyclic) bond motifs is 2. The molecule has 0 spiro atoms. The van der Waals surface area contributed by atoms with Gasteiger partial charge in [-0.25, -0.2) is 9.78 Å². The van der Waals surface area contributed by atoms with Gasteiger partial charge in [-0.1, -0.05) is 11.6 Å². The molecule has 2 N–H and O–H groups in total. The molecule has 29 heavy (non-hydrogen) atoms. The number of aromatic nitrogens is 5. The van der Waals surface area contributed by atoms with Crippen LogP contribution in [-0.4, -0.2) is 43.0 Å². The van der Waals surface area contributed by atoms with Crippen molar-refractivity contribution in [2.24, 2.45) is 0 Å². The Balaban J connectivity index is 1.60. The summed E-state index contributed by atoms with van der Waals surface area (Å²) in [5.74, 6) is 0. The lowest BCUT2D eigenvalue weighted by molar-refractivity contribution is 0.0528. The van der Waals surface area contributed by atoms with Crippen LogP contribution in [0, 0.1) is 0 Å². The first-order valence-corrected chi connectivity index (χ1v) is 9.62. The molecule has 0 saturated heterocycles. The Morgan fingerprint density at radius 2 is 2.14 bits per heavy atom. The van der Waals surface area contributed by atoms with Crippen LogP contribution in [0.2, 0.25) is 5.02 Å². The van der Waals surface area contributed by atoms with Crippen LogP contribution in [0.25, 0.3) is 27.7 Å². The van der Waals surface area contributed by atoms with Crippen molar-refractivity contribution in [3.63, 3.8) is 0 Å². The minimum absolute atomic E-state index is 0.436. The van der Waals surface area contributed by atoms with Crippen molar-refractivity contribution < 1.29 is 9.53 Å². The van der Waals surface area contributed by atoms with E-state index in [1.165, 1.54) is 0 Å². The molecule has 4 aromatic heterocycles. The number of aromatic amines is 1. The minimum Gasteiger partial charge on any atom is -0.444 e. The van der Waals surface area contributed by atoms with Gasteiger partial charge in [-0.05, 0) is 39.0 Å². The second-order valence-corrected chi connectivity index (χ2v) is 8.08. The van der Waals surface area contributed by atoms with Crippen molar-refractivity contribution in [1.82, 2.24) is 30.1 Å². The summed E-state index contributed by atoms with van der Waals surface area (Å²) < 4.78 is 6.82. The number of nitrogens with zero attached hydrogens (tertiary/aromatic N) is 4. The fourth-order valence-corrected chi connectivity index (χ4v) is 3.40. The normalized spacial score (nSPS) is 11.9. The fourth-order valence-electron chi connectivity index (χ4n) is 3.15. The van der Waals surface area contributed by atoms with Crippen LogP contribution in [0.4, 0.5) is 4.79 Å². The van der Waals surface area contributed by atoms with E-state index >= 15 is 0 Å². The Bertz CT molecular complexity index is 1190. The monoisotopic (exact) mass is 412 g/mol. The Morgan fingerprint density at radius 1 is 1.31 bits per heavy atom. The molecule has 1 amide bonds. The summed E-state index contributed by atoms with van der Waals surface area (Å²) in [5.41, 5.74) is 3.72. The quantitative estimate of drug-likeness (QED) is 0.528. The van der Waals surface area contributed by atoms with Gasteiger partial charge in [0.05, 0.1) is 16.7 Å². The molecule has 0 aliphatic heterocycles. The Hall–Kier alpha value is -3.13. The van der Waals surface area contributed by atoms with Crippen molar-refractivity contribution in [3.8, 4) is 11.1 Å². The molecule has 9 heteroatoms. The average molecular weight is 413 g/mol. The third-order valence-electron chi connectivity index (χ3n) is 4.30. The molecule has 150 valence electrons. The highest BCUT2D eigenvalue weighted by atomic mass is 35.5. The summed E-state index contributed by atoms with van der Waals surface area (Å²) >= 11 is 6.50. The van der Waals surface area contributed by atoms with Crippen molar-refractivity contribution >= 4 is 34.2 Å². The van der Waals surface area contributed by atoms with Crippen LogP contribution >= 0.6 is 11.6 Å². The van der Waals surface area contributed by atoms with Crippen LogP contribution in [0.5, 0.6) is 0 Å². The second-order valence-electron chi connectivity index (χ2n) is 7.67. The minimum atomic E-state index is -0.524. The summed E-state index contributed by atoms with van der Waals surface area (Å²) in [6.45, 7) is 5.93.